The van der Waals surface area contributed by atoms with Crippen molar-refractivity contribution in [3.8, 4) is 0 Å². The Bertz CT molecular complexity index is 594. The molecule has 2 aromatic rings. The molecule has 0 radical (unpaired) electrons. The first kappa shape index (κ1) is 13.2. The van der Waals surface area contributed by atoms with Crippen LogP contribution in [0.25, 0.3) is 0 Å². The normalized spacial score (nSPS) is 10.4. The molecule has 1 heterocycles. The third kappa shape index (κ3) is 2.97. The first-order valence-electron chi connectivity index (χ1n) is 5.67. The second-order valence-electron chi connectivity index (χ2n) is 4.29. The molecular formula is C13H14F2N4. The highest BCUT2D eigenvalue weighted by atomic mass is 19.1. The van der Waals surface area contributed by atoms with Gasteiger partial charge in [-0.25, -0.2) is 19.6 Å². The summed E-state index contributed by atoms with van der Waals surface area (Å²) < 4.78 is 26.8. The minimum absolute atomic E-state index is 0.0839. The van der Waals surface area contributed by atoms with Crippen molar-refractivity contribution in [3.63, 3.8) is 0 Å². The molecule has 0 aliphatic carbocycles. The summed E-state index contributed by atoms with van der Waals surface area (Å²) in [6, 6.07) is 6.40. The maximum atomic E-state index is 13.6. The second kappa shape index (κ2) is 5.19. The van der Waals surface area contributed by atoms with Gasteiger partial charge in [-0.2, -0.15) is 0 Å². The highest BCUT2D eigenvalue weighted by Gasteiger charge is 2.11. The van der Waals surface area contributed by atoms with E-state index in [1.54, 1.807) is 0 Å². The molecule has 0 bridgehead atoms. The maximum absolute atomic E-state index is 13.6. The van der Waals surface area contributed by atoms with Crippen molar-refractivity contribution in [1.82, 2.24) is 4.98 Å². The number of nitrogens with zero attached hydrogens (tertiary/aromatic N) is 1. The molecule has 19 heavy (non-hydrogen) atoms. The van der Waals surface area contributed by atoms with Crippen molar-refractivity contribution < 1.29 is 8.78 Å². The predicted molar refractivity (Wildman–Crippen MR) is 71.2 cm³/mol. The molecule has 0 unspecified atom stereocenters. The molecule has 1 aromatic heterocycles. The van der Waals surface area contributed by atoms with E-state index in [2.05, 4.69) is 15.7 Å². The third-order valence-corrected chi connectivity index (χ3v) is 2.55. The number of halogens is 2. The Balaban J connectivity index is 2.37. The number of aromatic nitrogens is 1. The van der Waals surface area contributed by atoms with Gasteiger partial charge in [0.25, 0.3) is 0 Å². The van der Waals surface area contributed by atoms with E-state index in [1.807, 2.05) is 32.0 Å². The van der Waals surface area contributed by atoms with Gasteiger partial charge in [0.05, 0.1) is 0 Å². The highest BCUT2D eigenvalue weighted by molar-refractivity contribution is 5.60. The van der Waals surface area contributed by atoms with Crippen LogP contribution in [0.1, 0.15) is 11.1 Å². The SMILES string of the molecule is Cc1cc(C)cc(Nc2nc(NN)c(F)cc2F)c1. The molecule has 0 aliphatic heterocycles. The summed E-state index contributed by atoms with van der Waals surface area (Å²) in [7, 11) is 0. The molecule has 0 atom stereocenters. The van der Waals surface area contributed by atoms with Crippen molar-refractivity contribution in [3.05, 3.63) is 47.0 Å². The number of hydrazine groups is 1. The number of hydrogen-bond donors (Lipinski definition) is 3. The predicted octanol–water partition coefficient (Wildman–Crippen LogP) is 3.01. The summed E-state index contributed by atoms with van der Waals surface area (Å²) in [6.45, 7) is 3.86. The Labute approximate surface area is 109 Å². The van der Waals surface area contributed by atoms with Crippen molar-refractivity contribution in [2.24, 2.45) is 5.84 Å². The van der Waals surface area contributed by atoms with Crippen LogP contribution in [-0.4, -0.2) is 4.98 Å². The fraction of sp³-hybridized carbons (Fsp3) is 0.154. The van der Waals surface area contributed by atoms with E-state index >= 15 is 0 Å². The summed E-state index contributed by atoms with van der Waals surface area (Å²) in [4.78, 5) is 3.75. The van der Waals surface area contributed by atoms with Gasteiger partial charge in [0.2, 0.25) is 0 Å². The summed E-state index contributed by atoms with van der Waals surface area (Å²) in [5, 5.41) is 2.81. The molecule has 4 N–H and O–H groups in total. The lowest BCUT2D eigenvalue weighted by molar-refractivity contribution is 0.579. The van der Waals surface area contributed by atoms with E-state index < -0.39 is 11.6 Å². The summed E-state index contributed by atoms with van der Waals surface area (Å²) >= 11 is 0. The summed E-state index contributed by atoms with van der Waals surface area (Å²) in [6.07, 6.45) is 0. The highest BCUT2D eigenvalue weighted by Crippen LogP contribution is 2.23. The number of hydrogen-bond acceptors (Lipinski definition) is 4. The Hall–Kier alpha value is -2.21. The standard InChI is InChI=1S/C13H14F2N4/c1-7-3-8(2)5-9(4-7)17-12-10(14)6-11(15)13(18-12)19-16/h3-6H,16H2,1-2H3,(H2,17,18,19). The number of rotatable bonds is 3. The van der Waals surface area contributed by atoms with Crippen LogP contribution in [0.15, 0.2) is 24.3 Å². The van der Waals surface area contributed by atoms with Gasteiger partial charge in [-0.1, -0.05) is 6.07 Å². The molecule has 0 amide bonds. The van der Waals surface area contributed by atoms with Crippen LogP contribution >= 0.6 is 0 Å². The Morgan fingerprint density at radius 3 is 2.11 bits per heavy atom. The number of benzene rings is 1. The zero-order valence-corrected chi connectivity index (χ0v) is 10.6. The first-order chi connectivity index (χ1) is 8.99. The number of aryl methyl sites for hydroxylation is 2. The molecule has 100 valence electrons. The van der Waals surface area contributed by atoms with E-state index in [4.69, 9.17) is 5.84 Å². The minimum atomic E-state index is -0.842. The third-order valence-electron chi connectivity index (χ3n) is 2.55. The van der Waals surface area contributed by atoms with Crippen molar-refractivity contribution >= 4 is 17.3 Å². The largest absolute Gasteiger partial charge is 0.338 e. The maximum Gasteiger partial charge on any atom is 0.178 e. The van der Waals surface area contributed by atoms with Gasteiger partial charge in [-0.15, -0.1) is 0 Å². The Morgan fingerprint density at radius 2 is 1.53 bits per heavy atom. The second-order valence-corrected chi connectivity index (χ2v) is 4.29. The number of nitrogens with one attached hydrogen (secondary N) is 2. The molecule has 0 saturated carbocycles. The number of nitrogen functional groups attached to an aromatic ring is 1. The van der Waals surface area contributed by atoms with Gasteiger partial charge in [-0.3, -0.25) is 0 Å². The smallest absolute Gasteiger partial charge is 0.178 e. The molecule has 1 aromatic carbocycles. The quantitative estimate of drug-likeness (QED) is 0.589. The minimum Gasteiger partial charge on any atom is -0.338 e. The fourth-order valence-electron chi connectivity index (χ4n) is 1.84. The molecule has 0 aliphatic rings. The molecule has 2 rings (SSSR count). The van der Waals surface area contributed by atoms with E-state index in [0.29, 0.717) is 5.69 Å². The van der Waals surface area contributed by atoms with Gasteiger partial charge in [0, 0.05) is 11.8 Å². The van der Waals surface area contributed by atoms with Crippen LogP contribution in [0.5, 0.6) is 0 Å². The molecule has 0 spiro atoms. The Kier molecular flexibility index (Phi) is 3.62. The fourth-order valence-corrected chi connectivity index (χ4v) is 1.84. The summed E-state index contributed by atoms with van der Waals surface area (Å²) in [5.41, 5.74) is 4.82. The van der Waals surface area contributed by atoms with E-state index in [9.17, 15) is 8.78 Å². The molecule has 0 saturated heterocycles. The van der Waals surface area contributed by atoms with Crippen molar-refractivity contribution in [2.75, 3.05) is 10.7 Å². The summed E-state index contributed by atoms with van der Waals surface area (Å²) in [5.74, 6) is 3.19. The van der Waals surface area contributed by atoms with Crippen LogP contribution in [0.3, 0.4) is 0 Å². The lowest BCUT2D eigenvalue weighted by Crippen LogP contribution is -2.12. The van der Waals surface area contributed by atoms with Crippen LogP contribution in [0, 0.1) is 25.5 Å². The van der Waals surface area contributed by atoms with Crippen molar-refractivity contribution in [1.29, 1.82) is 0 Å². The lowest BCUT2D eigenvalue weighted by atomic mass is 10.1. The average Bonchev–Trinajstić information content (AvgIpc) is 2.31. The zero-order chi connectivity index (χ0) is 14.0. The first-order valence-corrected chi connectivity index (χ1v) is 5.67. The van der Waals surface area contributed by atoms with Gasteiger partial charge in [0.15, 0.2) is 23.3 Å². The monoisotopic (exact) mass is 264 g/mol. The van der Waals surface area contributed by atoms with Crippen LogP contribution in [-0.2, 0) is 0 Å². The van der Waals surface area contributed by atoms with Crippen LogP contribution in [0.4, 0.5) is 26.1 Å². The van der Waals surface area contributed by atoms with Gasteiger partial charge in [-0.05, 0) is 37.1 Å². The van der Waals surface area contributed by atoms with E-state index in [1.165, 1.54) is 0 Å². The molecule has 6 heteroatoms. The number of anilines is 3. The average molecular weight is 264 g/mol. The topological polar surface area (TPSA) is 63.0 Å². The lowest BCUT2D eigenvalue weighted by Gasteiger charge is -2.10. The molecule has 0 fully saturated rings. The number of nitrogens with two attached hydrogens (primary N) is 1. The molecular weight excluding hydrogens is 250 g/mol. The zero-order valence-electron chi connectivity index (χ0n) is 10.6. The Morgan fingerprint density at radius 1 is 0.947 bits per heavy atom. The van der Waals surface area contributed by atoms with E-state index in [-0.39, 0.29) is 11.6 Å². The van der Waals surface area contributed by atoms with Crippen LogP contribution < -0.4 is 16.6 Å². The molecule has 4 nitrogen and oxygen atoms in total. The van der Waals surface area contributed by atoms with Crippen molar-refractivity contribution in [2.45, 2.75) is 13.8 Å². The van der Waals surface area contributed by atoms with Crippen LogP contribution in [0.2, 0.25) is 0 Å². The number of pyridine rings is 1. The van der Waals surface area contributed by atoms with Gasteiger partial charge in [0.1, 0.15) is 0 Å². The van der Waals surface area contributed by atoms with Gasteiger partial charge < -0.3 is 10.7 Å². The van der Waals surface area contributed by atoms with Gasteiger partial charge >= 0.3 is 0 Å². The van der Waals surface area contributed by atoms with E-state index in [0.717, 1.165) is 17.2 Å².